The van der Waals surface area contributed by atoms with Gasteiger partial charge in [0.1, 0.15) is 5.54 Å². The van der Waals surface area contributed by atoms with Crippen LogP contribution in [-0.2, 0) is 16.0 Å². The van der Waals surface area contributed by atoms with E-state index in [0.29, 0.717) is 6.42 Å². The highest BCUT2D eigenvalue weighted by atomic mass is 32.1. The fourth-order valence-electron chi connectivity index (χ4n) is 2.98. The van der Waals surface area contributed by atoms with Crippen LogP contribution >= 0.6 is 11.3 Å². The normalized spacial score (nSPS) is 16.9. The molecule has 0 aromatic carbocycles. The Morgan fingerprint density at radius 2 is 2.19 bits per heavy atom. The molecular formula is C19H22N4O3S. The Morgan fingerprint density at radius 1 is 1.37 bits per heavy atom. The van der Waals surface area contributed by atoms with Crippen LogP contribution < -0.4 is 10.6 Å². The van der Waals surface area contributed by atoms with E-state index in [4.69, 9.17) is 0 Å². The summed E-state index contributed by atoms with van der Waals surface area (Å²) in [7, 11) is 0. The first-order valence-electron chi connectivity index (χ1n) is 8.71. The highest BCUT2D eigenvalue weighted by Crippen LogP contribution is 2.20. The monoisotopic (exact) mass is 386 g/mol. The molecule has 7 nitrogen and oxygen atoms in total. The second kappa shape index (κ2) is 7.87. The average Bonchev–Trinajstić information content (AvgIpc) is 3.20. The number of rotatable bonds is 7. The maximum absolute atomic E-state index is 12.5. The van der Waals surface area contributed by atoms with E-state index in [2.05, 4.69) is 15.6 Å². The van der Waals surface area contributed by atoms with Crippen LogP contribution in [0.25, 0.3) is 0 Å². The summed E-state index contributed by atoms with van der Waals surface area (Å²) in [5, 5.41) is 9.66. The number of hydrogen-bond donors (Lipinski definition) is 2. The van der Waals surface area contributed by atoms with Crippen molar-refractivity contribution in [1.82, 2.24) is 20.5 Å². The van der Waals surface area contributed by atoms with Crippen molar-refractivity contribution in [1.29, 1.82) is 0 Å². The molecule has 1 atom stereocenters. The van der Waals surface area contributed by atoms with Crippen molar-refractivity contribution in [2.75, 3.05) is 6.54 Å². The molecule has 2 N–H and O–H groups in total. The van der Waals surface area contributed by atoms with Crippen molar-refractivity contribution < 1.29 is 14.4 Å². The van der Waals surface area contributed by atoms with Gasteiger partial charge < -0.3 is 10.6 Å². The number of nitrogens with zero attached hydrogens (tertiary/aromatic N) is 2. The lowest BCUT2D eigenvalue weighted by molar-refractivity contribution is -0.130. The molecule has 8 heteroatoms. The van der Waals surface area contributed by atoms with Crippen molar-refractivity contribution >= 4 is 29.2 Å². The van der Waals surface area contributed by atoms with E-state index in [1.54, 1.807) is 37.6 Å². The molecule has 2 aromatic heterocycles. The minimum atomic E-state index is -0.926. The average molecular weight is 386 g/mol. The van der Waals surface area contributed by atoms with E-state index in [1.165, 1.54) is 0 Å². The van der Waals surface area contributed by atoms with Gasteiger partial charge in [-0.05, 0) is 54.3 Å². The second-order valence-electron chi connectivity index (χ2n) is 7.00. The number of imide groups is 1. The van der Waals surface area contributed by atoms with E-state index in [9.17, 15) is 14.4 Å². The molecule has 0 saturated carbocycles. The van der Waals surface area contributed by atoms with Crippen molar-refractivity contribution in [3.63, 3.8) is 0 Å². The number of aromatic nitrogens is 1. The minimum Gasteiger partial charge on any atom is -0.349 e. The number of pyridine rings is 1. The number of amides is 4. The third kappa shape index (κ3) is 4.51. The summed E-state index contributed by atoms with van der Waals surface area (Å²) in [4.78, 5) is 41.8. The van der Waals surface area contributed by atoms with Gasteiger partial charge in [-0.25, -0.2) is 4.79 Å². The molecule has 0 bridgehead atoms. The molecule has 0 radical (unpaired) electrons. The summed E-state index contributed by atoms with van der Waals surface area (Å²) in [6.45, 7) is 3.34. The first-order chi connectivity index (χ1) is 12.9. The second-order valence-corrected chi connectivity index (χ2v) is 7.78. The number of nitrogens with one attached hydrogen (secondary N) is 2. The van der Waals surface area contributed by atoms with Gasteiger partial charge in [-0.15, -0.1) is 0 Å². The lowest BCUT2D eigenvalue weighted by atomic mass is 10.0. The van der Waals surface area contributed by atoms with Crippen LogP contribution in [0.5, 0.6) is 0 Å². The Labute approximate surface area is 161 Å². The van der Waals surface area contributed by atoms with Crippen LogP contribution in [0.3, 0.4) is 0 Å². The van der Waals surface area contributed by atoms with Gasteiger partial charge in [0.15, 0.2) is 0 Å². The van der Waals surface area contributed by atoms with E-state index < -0.39 is 11.6 Å². The zero-order chi connectivity index (χ0) is 19.4. The summed E-state index contributed by atoms with van der Waals surface area (Å²) in [5.41, 5.74) is 1.11. The summed E-state index contributed by atoms with van der Waals surface area (Å²) >= 11 is 1.61. The van der Waals surface area contributed by atoms with Gasteiger partial charge in [-0.1, -0.05) is 6.07 Å². The van der Waals surface area contributed by atoms with Crippen molar-refractivity contribution in [2.45, 2.75) is 38.3 Å². The molecule has 3 heterocycles. The van der Waals surface area contributed by atoms with Crippen LogP contribution in [0.4, 0.5) is 4.79 Å². The van der Waals surface area contributed by atoms with Gasteiger partial charge in [-0.2, -0.15) is 11.3 Å². The third-order valence-corrected chi connectivity index (χ3v) is 5.18. The van der Waals surface area contributed by atoms with Crippen LogP contribution in [0.2, 0.25) is 0 Å². The standard InChI is InChI=1S/C19H22N4O3S/c1-19(2)17(25)23(18(26)22-19)8-5-16(24)21-15(10-13-6-9-27-12-13)14-4-3-7-20-11-14/h3-4,6-7,9,11-12,15H,5,8,10H2,1-2H3,(H,21,24)(H,22,26). The number of urea groups is 1. The molecule has 3 rings (SSSR count). The quantitative estimate of drug-likeness (QED) is 0.714. The number of carbonyl (C=O) groups excluding carboxylic acids is 3. The van der Waals surface area contributed by atoms with E-state index in [0.717, 1.165) is 16.0 Å². The molecule has 142 valence electrons. The molecular weight excluding hydrogens is 364 g/mol. The molecule has 1 fully saturated rings. The molecule has 1 aliphatic rings. The Morgan fingerprint density at radius 3 is 2.78 bits per heavy atom. The first kappa shape index (κ1) is 19.0. The Balaban J connectivity index is 1.63. The minimum absolute atomic E-state index is 0.0512. The summed E-state index contributed by atoms with van der Waals surface area (Å²) in [5.74, 6) is -0.535. The molecule has 1 unspecified atom stereocenters. The predicted molar refractivity (Wildman–Crippen MR) is 102 cm³/mol. The van der Waals surface area contributed by atoms with Crippen molar-refractivity contribution in [3.8, 4) is 0 Å². The zero-order valence-electron chi connectivity index (χ0n) is 15.3. The Kier molecular flexibility index (Phi) is 5.55. The third-order valence-electron chi connectivity index (χ3n) is 4.45. The first-order valence-corrected chi connectivity index (χ1v) is 9.65. The SMILES string of the molecule is CC1(C)NC(=O)N(CCC(=O)NC(Cc2ccsc2)c2cccnc2)C1=O. The number of thiophene rings is 1. The smallest absolute Gasteiger partial charge is 0.325 e. The topological polar surface area (TPSA) is 91.4 Å². The molecule has 27 heavy (non-hydrogen) atoms. The Bertz CT molecular complexity index is 821. The highest BCUT2D eigenvalue weighted by molar-refractivity contribution is 7.07. The fourth-order valence-corrected chi connectivity index (χ4v) is 3.66. The number of hydrogen-bond acceptors (Lipinski definition) is 5. The van der Waals surface area contributed by atoms with Crippen molar-refractivity contribution in [2.24, 2.45) is 0 Å². The van der Waals surface area contributed by atoms with E-state index in [-0.39, 0.29) is 30.8 Å². The maximum atomic E-state index is 12.5. The molecule has 2 aromatic rings. The maximum Gasteiger partial charge on any atom is 0.325 e. The predicted octanol–water partition coefficient (Wildman–Crippen LogP) is 2.26. The lowest BCUT2D eigenvalue weighted by Gasteiger charge is -2.20. The summed E-state index contributed by atoms with van der Waals surface area (Å²) in [6.07, 6.45) is 4.12. The van der Waals surface area contributed by atoms with Crippen LogP contribution in [0.1, 0.15) is 37.4 Å². The lowest BCUT2D eigenvalue weighted by Crippen LogP contribution is -2.41. The van der Waals surface area contributed by atoms with Gasteiger partial charge in [0, 0.05) is 25.4 Å². The van der Waals surface area contributed by atoms with Crippen molar-refractivity contribution in [3.05, 3.63) is 52.5 Å². The summed E-state index contributed by atoms with van der Waals surface area (Å²) in [6, 6.07) is 5.09. The van der Waals surface area contributed by atoms with Gasteiger partial charge in [0.05, 0.1) is 6.04 Å². The summed E-state index contributed by atoms with van der Waals surface area (Å²) < 4.78 is 0. The fraction of sp³-hybridized carbons (Fsp3) is 0.368. The van der Waals surface area contributed by atoms with Gasteiger partial charge in [0.25, 0.3) is 5.91 Å². The largest absolute Gasteiger partial charge is 0.349 e. The van der Waals surface area contributed by atoms with Gasteiger partial charge in [0.2, 0.25) is 5.91 Å². The zero-order valence-corrected chi connectivity index (χ0v) is 16.1. The molecule has 0 spiro atoms. The van der Waals surface area contributed by atoms with Crippen LogP contribution in [0.15, 0.2) is 41.4 Å². The van der Waals surface area contributed by atoms with Crippen LogP contribution in [-0.4, -0.2) is 39.8 Å². The van der Waals surface area contributed by atoms with Gasteiger partial charge >= 0.3 is 6.03 Å². The molecule has 4 amide bonds. The molecule has 0 aliphatic carbocycles. The molecule has 1 aliphatic heterocycles. The van der Waals surface area contributed by atoms with E-state index in [1.807, 2.05) is 29.0 Å². The van der Waals surface area contributed by atoms with Gasteiger partial charge in [-0.3, -0.25) is 19.5 Å². The van der Waals surface area contributed by atoms with Crippen LogP contribution in [0, 0.1) is 0 Å². The molecule has 1 saturated heterocycles. The Hall–Kier alpha value is -2.74. The van der Waals surface area contributed by atoms with E-state index >= 15 is 0 Å². The number of carbonyl (C=O) groups is 3. The highest BCUT2D eigenvalue weighted by Gasteiger charge is 2.44.